The molecule has 16 heavy (non-hydrogen) atoms. The number of methoxy groups -OCH3 is 2. The molecule has 1 rings (SSSR count). The molecule has 0 saturated heterocycles. The van der Waals surface area contributed by atoms with E-state index >= 15 is 0 Å². The molecule has 0 atom stereocenters. The number of carbonyl (C=O) groups is 1. The minimum Gasteiger partial charge on any atom is -0.496 e. The van der Waals surface area contributed by atoms with E-state index in [1.165, 1.54) is 6.92 Å². The van der Waals surface area contributed by atoms with Gasteiger partial charge in [-0.1, -0.05) is 13.8 Å². The first-order chi connectivity index (χ1) is 7.51. The van der Waals surface area contributed by atoms with Crippen LogP contribution in [0, 0.1) is 0 Å². The van der Waals surface area contributed by atoms with Crippen molar-refractivity contribution >= 4 is 5.78 Å². The summed E-state index contributed by atoms with van der Waals surface area (Å²) < 4.78 is 10.5. The summed E-state index contributed by atoms with van der Waals surface area (Å²) in [6.07, 6.45) is 0. The third-order valence-corrected chi connectivity index (χ3v) is 2.55. The molecule has 1 aromatic carbocycles. The summed E-state index contributed by atoms with van der Waals surface area (Å²) in [5, 5.41) is 0. The summed E-state index contributed by atoms with van der Waals surface area (Å²) >= 11 is 0. The Labute approximate surface area is 96.4 Å². The minimum absolute atomic E-state index is 0.00130. The third-order valence-electron chi connectivity index (χ3n) is 2.55. The standard InChI is InChI=1S/C13H18O3/c1-8(2)10-6-11(9(3)14)13(16-5)7-12(10)15-4/h6-8H,1-5H3. The zero-order chi connectivity index (χ0) is 12.3. The highest BCUT2D eigenvalue weighted by Gasteiger charge is 2.15. The van der Waals surface area contributed by atoms with E-state index in [2.05, 4.69) is 13.8 Å². The molecule has 0 unspecified atom stereocenters. The molecule has 3 nitrogen and oxygen atoms in total. The van der Waals surface area contributed by atoms with Crippen LogP contribution in [0.3, 0.4) is 0 Å². The van der Waals surface area contributed by atoms with E-state index in [0.717, 1.165) is 11.3 Å². The van der Waals surface area contributed by atoms with E-state index < -0.39 is 0 Å². The van der Waals surface area contributed by atoms with Gasteiger partial charge < -0.3 is 9.47 Å². The van der Waals surface area contributed by atoms with Gasteiger partial charge in [0.05, 0.1) is 19.8 Å². The molecule has 0 saturated carbocycles. The normalized spacial score (nSPS) is 10.4. The number of hydrogen-bond donors (Lipinski definition) is 0. The highest BCUT2D eigenvalue weighted by molar-refractivity contribution is 5.97. The van der Waals surface area contributed by atoms with Crippen molar-refractivity contribution in [3.05, 3.63) is 23.3 Å². The number of benzene rings is 1. The van der Waals surface area contributed by atoms with Gasteiger partial charge in [0.2, 0.25) is 0 Å². The van der Waals surface area contributed by atoms with Gasteiger partial charge in [-0.05, 0) is 24.5 Å². The van der Waals surface area contributed by atoms with Crippen LogP contribution < -0.4 is 9.47 Å². The average molecular weight is 222 g/mol. The van der Waals surface area contributed by atoms with Crippen LogP contribution in [0.1, 0.15) is 42.6 Å². The molecule has 1 aromatic rings. The predicted molar refractivity (Wildman–Crippen MR) is 63.6 cm³/mol. The van der Waals surface area contributed by atoms with Crippen LogP contribution in [0.2, 0.25) is 0 Å². The molecule has 0 heterocycles. The van der Waals surface area contributed by atoms with Crippen LogP contribution in [-0.2, 0) is 0 Å². The molecule has 3 heteroatoms. The van der Waals surface area contributed by atoms with Crippen LogP contribution in [-0.4, -0.2) is 20.0 Å². The van der Waals surface area contributed by atoms with Gasteiger partial charge in [-0.3, -0.25) is 4.79 Å². The number of hydrogen-bond acceptors (Lipinski definition) is 3. The van der Waals surface area contributed by atoms with Crippen molar-refractivity contribution in [2.24, 2.45) is 0 Å². The van der Waals surface area contributed by atoms with E-state index in [9.17, 15) is 4.79 Å². The first kappa shape index (κ1) is 12.6. The topological polar surface area (TPSA) is 35.5 Å². The van der Waals surface area contributed by atoms with Crippen molar-refractivity contribution in [3.63, 3.8) is 0 Å². The lowest BCUT2D eigenvalue weighted by Gasteiger charge is -2.15. The Bertz CT molecular complexity index is 394. The summed E-state index contributed by atoms with van der Waals surface area (Å²) in [6.45, 7) is 5.66. The van der Waals surface area contributed by atoms with Gasteiger partial charge in [-0.2, -0.15) is 0 Å². The highest BCUT2D eigenvalue weighted by atomic mass is 16.5. The fraction of sp³-hybridized carbons (Fsp3) is 0.462. The van der Waals surface area contributed by atoms with Gasteiger partial charge in [-0.15, -0.1) is 0 Å². The number of Topliss-reactive ketones (excluding diaryl/α,β-unsaturated/α-hetero) is 1. The predicted octanol–water partition coefficient (Wildman–Crippen LogP) is 3.03. The fourth-order valence-electron chi connectivity index (χ4n) is 1.65. The molecule has 0 radical (unpaired) electrons. The Kier molecular flexibility index (Phi) is 3.93. The molecule has 0 aromatic heterocycles. The van der Waals surface area contributed by atoms with E-state index in [1.54, 1.807) is 20.3 Å². The van der Waals surface area contributed by atoms with Crippen molar-refractivity contribution < 1.29 is 14.3 Å². The Balaban J connectivity index is 3.40. The summed E-state index contributed by atoms with van der Waals surface area (Å²) in [7, 11) is 3.17. The maximum absolute atomic E-state index is 11.5. The van der Waals surface area contributed by atoms with Crippen molar-refractivity contribution in [1.29, 1.82) is 0 Å². The molecule has 0 aliphatic carbocycles. The number of carbonyl (C=O) groups excluding carboxylic acids is 1. The van der Waals surface area contributed by atoms with E-state index in [4.69, 9.17) is 9.47 Å². The smallest absolute Gasteiger partial charge is 0.163 e. The van der Waals surface area contributed by atoms with Crippen LogP contribution >= 0.6 is 0 Å². The molecule has 0 aliphatic rings. The van der Waals surface area contributed by atoms with Gasteiger partial charge in [0.1, 0.15) is 11.5 Å². The van der Waals surface area contributed by atoms with Gasteiger partial charge in [-0.25, -0.2) is 0 Å². The highest BCUT2D eigenvalue weighted by Crippen LogP contribution is 2.33. The maximum atomic E-state index is 11.5. The summed E-state index contributed by atoms with van der Waals surface area (Å²) in [5.41, 5.74) is 1.63. The summed E-state index contributed by atoms with van der Waals surface area (Å²) in [6, 6.07) is 3.62. The van der Waals surface area contributed by atoms with Crippen molar-refractivity contribution in [2.75, 3.05) is 14.2 Å². The van der Waals surface area contributed by atoms with Gasteiger partial charge in [0.15, 0.2) is 5.78 Å². The average Bonchev–Trinajstić information content (AvgIpc) is 2.26. The van der Waals surface area contributed by atoms with Gasteiger partial charge in [0, 0.05) is 6.07 Å². The van der Waals surface area contributed by atoms with E-state index in [1.807, 2.05) is 6.07 Å². The fourth-order valence-corrected chi connectivity index (χ4v) is 1.65. The number of ketones is 1. The van der Waals surface area contributed by atoms with Crippen LogP contribution in [0.5, 0.6) is 11.5 Å². The Morgan fingerprint density at radius 3 is 2.06 bits per heavy atom. The lowest BCUT2D eigenvalue weighted by atomic mass is 9.97. The van der Waals surface area contributed by atoms with Crippen LogP contribution in [0.15, 0.2) is 12.1 Å². The number of ether oxygens (including phenoxy) is 2. The Morgan fingerprint density at radius 2 is 1.69 bits per heavy atom. The summed E-state index contributed by atoms with van der Waals surface area (Å²) in [4.78, 5) is 11.5. The van der Waals surface area contributed by atoms with Crippen LogP contribution in [0.25, 0.3) is 0 Å². The van der Waals surface area contributed by atoms with Gasteiger partial charge in [0.25, 0.3) is 0 Å². The van der Waals surface area contributed by atoms with Crippen molar-refractivity contribution in [3.8, 4) is 11.5 Å². The first-order valence-electron chi connectivity index (χ1n) is 5.28. The molecule has 88 valence electrons. The molecule has 0 bridgehead atoms. The van der Waals surface area contributed by atoms with Crippen LogP contribution in [0.4, 0.5) is 0 Å². The second kappa shape index (κ2) is 5.01. The first-order valence-corrected chi connectivity index (χ1v) is 5.28. The lowest BCUT2D eigenvalue weighted by Crippen LogP contribution is -2.02. The van der Waals surface area contributed by atoms with Crippen molar-refractivity contribution in [2.45, 2.75) is 26.7 Å². The second-order valence-corrected chi connectivity index (χ2v) is 4.01. The zero-order valence-corrected chi connectivity index (χ0v) is 10.5. The maximum Gasteiger partial charge on any atom is 0.163 e. The lowest BCUT2D eigenvalue weighted by molar-refractivity contribution is 0.101. The number of rotatable bonds is 4. The monoisotopic (exact) mass is 222 g/mol. The quantitative estimate of drug-likeness (QED) is 0.734. The van der Waals surface area contributed by atoms with E-state index in [0.29, 0.717) is 17.2 Å². The Morgan fingerprint density at radius 1 is 1.12 bits per heavy atom. The molecule has 0 spiro atoms. The molecular formula is C13H18O3. The minimum atomic E-state index is 0.00130. The second-order valence-electron chi connectivity index (χ2n) is 4.01. The third kappa shape index (κ3) is 2.35. The zero-order valence-electron chi connectivity index (χ0n) is 10.5. The molecular weight excluding hydrogens is 204 g/mol. The molecule has 0 fully saturated rings. The molecule has 0 aliphatic heterocycles. The van der Waals surface area contributed by atoms with Gasteiger partial charge >= 0.3 is 0 Å². The summed E-state index contributed by atoms with van der Waals surface area (Å²) in [5.74, 6) is 1.63. The van der Waals surface area contributed by atoms with Crippen molar-refractivity contribution in [1.82, 2.24) is 0 Å². The van der Waals surface area contributed by atoms with E-state index in [-0.39, 0.29) is 5.78 Å². The molecule has 0 N–H and O–H groups in total. The Hall–Kier alpha value is -1.51. The largest absolute Gasteiger partial charge is 0.496 e. The molecule has 0 amide bonds. The SMILES string of the molecule is COc1cc(OC)c(C(C)C)cc1C(C)=O.